The van der Waals surface area contributed by atoms with Crippen LogP contribution in [-0.2, 0) is 0 Å². The minimum Gasteiger partial charge on any atom is -0.397 e. The van der Waals surface area contributed by atoms with E-state index in [0.29, 0.717) is 22.5 Å². The number of H-pyrrole nitrogens is 1. The Hall–Kier alpha value is -2.08. The number of nitrogens with one attached hydrogen (secondary N) is 2. The zero-order valence-corrected chi connectivity index (χ0v) is 11.8. The Morgan fingerprint density at radius 2 is 2.29 bits per heavy atom. The fourth-order valence-corrected chi connectivity index (χ4v) is 2.99. The van der Waals surface area contributed by atoms with Gasteiger partial charge in [-0.1, -0.05) is 6.42 Å². The van der Waals surface area contributed by atoms with E-state index in [2.05, 4.69) is 15.3 Å². The molecule has 0 radical (unpaired) electrons. The maximum Gasteiger partial charge on any atom is 0.258 e. The van der Waals surface area contributed by atoms with Crippen LogP contribution in [0.5, 0.6) is 0 Å². The molecule has 5 N–H and O–H groups in total. The number of benzene rings is 1. The van der Waals surface area contributed by atoms with Gasteiger partial charge < -0.3 is 21.1 Å². The number of nitrogens with two attached hydrogens (primary N) is 1. The molecule has 112 valence electrons. The average Bonchev–Trinajstić information content (AvgIpc) is 2.46. The summed E-state index contributed by atoms with van der Waals surface area (Å²) < 4.78 is 0. The number of aromatic nitrogens is 2. The topological polar surface area (TPSA) is 104 Å². The summed E-state index contributed by atoms with van der Waals surface area (Å²) in [5.74, 6) is 0.455. The second-order valence-electron chi connectivity index (χ2n) is 5.76. The Labute approximate surface area is 122 Å². The molecular weight excluding hydrogens is 268 g/mol. The molecule has 0 amide bonds. The average molecular weight is 288 g/mol. The molecule has 0 saturated heterocycles. The molecule has 0 aliphatic heterocycles. The van der Waals surface area contributed by atoms with Crippen LogP contribution >= 0.6 is 0 Å². The zero-order chi connectivity index (χ0) is 14.8. The summed E-state index contributed by atoms with van der Waals surface area (Å²) in [4.78, 5) is 18.4. The van der Waals surface area contributed by atoms with Gasteiger partial charge in [-0.15, -0.1) is 0 Å². The lowest BCUT2D eigenvalue weighted by Gasteiger charge is -2.26. The monoisotopic (exact) mass is 288 g/mol. The lowest BCUT2D eigenvalue weighted by Crippen LogP contribution is -2.25. The summed E-state index contributed by atoms with van der Waals surface area (Å²) in [7, 11) is 0. The molecule has 1 aromatic carbocycles. The number of aliphatic hydroxyl groups is 1. The standard InChI is InChI=1S/C15H20N4O2/c16-12-5-11-13(18-8-19-15(11)21)6-14(12)17-7-9-2-1-3-10(20)4-9/h5-6,8-10,17,20H,1-4,7,16H2,(H,18,19,21). The van der Waals surface area contributed by atoms with Crippen LogP contribution in [0.25, 0.3) is 10.9 Å². The van der Waals surface area contributed by atoms with Crippen molar-refractivity contribution in [2.75, 3.05) is 17.6 Å². The minimum atomic E-state index is -0.186. The first-order chi connectivity index (χ1) is 10.1. The van der Waals surface area contributed by atoms with Crippen LogP contribution in [0.4, 0.5) is 11.4 Å². The van der Waals surface area contributed by atoms with Crippen LogP contribution in [0, 0.1) is 5.92 Å². The van der Waals surface area contributed by atoms with Crippen molar-refractivity contribution in [1.82, 2.24) is 9.97 Å². The lowest BCUT2D eigenvalue weighted by molar-refractivity contribution is 0.105. The number of nitrogens with zero attached hydrogens (tertiary/aromatic N) is 1. The molecular formula is C15H20N4O2. The fourth-order valence-electron chi connectivity index (χ4n) is 2.99. The van der Waals surface area contributed by atoms with Gasteiger partial charge in [-0.3, -0.25) is 4.79 Å². The molecule has 2 aromatic rings. The molecule has 1 aliphatic carbocycles. The first-order valence-corrected chi connectivity index (χ1v) is 7.32. The number of nitrogen functional groups attached to an aromatic ring is 1. The van der Waals surface area contributed by atoms with Crippen molar-refractivity contribution in [3.05, 3.63) is 28.8 Å². The summed E-state index contributed by atoms with van der Waals surface area (Å²) in [5.41, 5.74) is 7.78. The highest BCUT2D eigenvalue weighted by molar-refractivity contribution is 5.88. The number of aromatic amines is 1. The third-order valence-electron chi connectivity index (χ3n) is 4.15. The second-order valence-corrected chi connectivity index (χ2v) is 5.76. The largest absolute Gasteiger partial charge is 0.397 e. The first-order valence-electron chi connectivity index (χ1n) is 7.32. The molecule has 1 aromatic heterocycles. The van der Waals surface area contributed by atoms with E-state index in [1.807, 2.05) is 0 Å². The van der Waals surface area contributed by atoms with Crippen molar-refractivity contribution >= 4 is 22.3 Å². The molecule has 6 nitrogen and oxygen atoms in total. The molecule has 21 heavy (non-hydrogen) atoms. The van der Waals surface area contributed by atoms with Gasteiger partial charge in [0.2, 0.25) is 0 Å². The molecule has 3 rings (SSSR count). The Balaban J connectivity index is 1.77. The van der Waals surface area contributed by atoms with E-state index < -0.39 is 0 Å². The van der Waals surface area contributed by atoms with Gasteiger partial charge in [0.15, 0.2) is 0 Å². The van der Waals surface area contributed by atoms with E-state index in [4.69, 9.17) is 5.73 Å². The lowest BCUT2D eigenvalue weighted by atomic mass is 9.87. The van der Waals surface area contributed by atoms with Gasteiger partial charge in [-0.2, -0.15) is 0 Å². The minimum absolute atomic E-state index is 0.181. The molecule has 2 unspecified atom stereocenters. The zero-order valence-electron chi connectivity index (χ0n) is 11.8. The van der Waals surface area contributed by atoms with Crippen molar-refractivity contribution in [1.29, 1.82) is 0 Å². The number of aliphatic hydroxyl groups excluding tert-OH is 1. The quantitative estimate of drug-likeness (QED) is 0.640. The molecule has 2 atom stereocenters. The highest BCUT2D eigenvalue weighted by Crippen LogP contribution is 2.27. The Kier molecular flexibility index (Phi) is 3.79. The molecule has 0 bridgehead atoms. The predicted octanol–water partition coefficient (Wildman–Crippen LogP) is 1.47. The van der Waals surface area contributed by atoms with E-state index in [0.717, 1.165) is 37.9 Å². The Bertz CT molecular complexity index is 698. The summed E-state index contributed by atoms with van der Waals surface area (Å²) in [6, 6.07) is 3.46. The van der Waals surface area contributed by atoms with Gasteiger partial charge in [-0.05, 0) is 37.3 Å². The fraction of sp³-hybridized carbons (Fsp3) is 0.467. The van der Waals surface area contributed by atoms with E-state index in [1.54, 1.807) is 12.1 Å². The molecule has 6 heteroatoms. The van der Waals surface area contributed by atoms with Crippen molar-refractivity contribution < 1.29 is 5.11 Å². The SMILES string of the molecule is Nc1cc2c(=O)[nH]cnc2cc1NCC1CCCC(O)C1. The maximum atomic E-state index is 11.7. The van der Waals surface area contributed by atoms with Crippen LogP contribution in [0.2, 0.25) is 0 Å². The molecule has 0 spiro atoms. The molecule has 1 fully saturated rings. The van der Waals surface area contributed by atoms with Crippen molar-refractivity contribution in [3.63, 3.8) is 0 Å². The van der Waals surface area contributed by atoms with Crippen LogP contribution in [0.1, 0.15) is 25.7 Å². The van der Waals surface area contributed by atoms with Gasteiger partial charge in [0, 0.05) is 6.54 Å². The van der Waals surface area contributed by atoms with E-state index in [9.17, 15) is 9.90 Å². The van der Waals surface area contributed by atoms with Crippen molar-refractivity contribution in [3.8, 4) is 0 Å². The third kappa shape index (κ3) is 3.00. The van der Waals surface area contributed by atoms with E-state index in [1.165, 1.54) is 6.33 Å². The smallest absolute Gasteiger partial charge is 0.258 e. The second kappa shape index (κ2) is 5.73. The molecule has 1 aliphatic rings. The van der Waals surface area contributed by atoms with Gasteiger partial charge >= 0.3 is 0 Å². The van der Waals surface area contributed by atoms with E-state index >= 15 is 0 Å². The van der Waals surface area contributed by atoms with Gasteiger partial charge in [0.25, 0.3) is 5.56 Å². The van der Waals surface area contributed by atoms with Gasteiger partial charge in [0.1, 0.15) is 0 Å². The third-order valence-corrected chi connectivity index (χ3v) is 4.15. The number of hydrogen-bond donors (Lipinski definition) is 4. The number of hydrogen-bond acceptors (Lipinski definition) is 5. The molecule has 1 heterocycles. The van der Waals surface area contributed by atoms with Gasteiger partial charge in [-0.25, -0.2) is 4.98 Å². The van der Waals surface area contributed by atoms with E-state index in [-0.39, 0.29) is 11.7 Å². The first kappa shape index (κ1) is 13.9. The normalized spacial score (nSPS) is 22.3. The highest BCUT2D eigenvalue weighted by Gasteiger charge is 2.20. The number of fused-ring (bicyclic) bond motifs is 1. The summed E-state index contributed by atoms with van der Waals surface area (Å²) >= 11 is 0. The van der Waals surface area contributed by atoms with Crippen LogP contribution in [0.15, 0.2) is 23.3 Å². The Morgan fingerprint density at radius 1 is 1.43 bits per heavy atom. The van der Waals surface area contributed by atoms with Crippen LogP contribution in [-0.4, -0.2) is 27.7 Å². The van der Waals surface area contributed by atoms with Crippen molar-refractivity contribution in [2.45, 2.75) is 31.8 Å². The number of rotatable bonds is 3. The van der Waals surface area contributed by atoms with Gasteiger partial charge in [0.05, 0.1) is 34.7 Å². The van der Waals surface area contributed by atoms with Crippen LogP contribution in [0.3, 0.4) is 0 Å². The summed E-state index contributed by atoms with van der Waals surface area (Å²) in [6.07, 6.45) is 5.13. The van der Waals surface area contributed by atoms with Crippen molar-refractivity contribution in [2.24, 2.45) is 5.92 Å². The molecule has 1 saturated carbocycles. The Morgan fingerprint density at radius 3 is 3.10 bits per heavy atom. The maximum absolute atomic E-state index is 11.7. The summed E-state index contributed by atoms with van der Waals surface area (Å²) in [5, 5.41) is 13.5. The number of anilines is 2. The predicted molar refractivity (Wildman–Crippen MR) is 83.2 cm³/mol. The summed E-state index contributed by atoms with van der Waals surface area (Å²) in [6.45, 7) is 0.774. The van der Waals surface area contributed by atoms with Crippen LogP contribution < -0.4 is 16.6 Å². The highest BCUT2D eigenvalue weighted by atomic mass is 16.3.